The highest BCUT2D eigenvalue weighted by atomic mass is 16.3. The first kappa shape index (κ1) is 18.8. The fourth-order valence-corrected chi connectivity index (χ4v) is 2.73. The molecule has 0 radical (unpaired) electrons. The Bertz CT molecular complexity index is 910. The molecule has 0 aliphatic heterocycles. The molecule has 142 valence electrons. The van der Waals surface area contributed by atoms with E-state index in [0.29, 0.717) is 25.1 Å². The Labute approximate surface area is 158 Å². The molecule has 1 heterocycles. The summed E-state index contributed by atoms with van der Waals surface area (Å²) >= 11 is 0. The number of quaternary nitrogens is 1. The minimum Gasteiger partial charge on any atom is -0.506 e. The highest BCUT2D eigenvalue weighted by Gasteiger charge is 2.11. The maximum absolute atomic E-state index is 12.0. The number of phenolic OH excluding ortho intramolecular Hbond substituents is 1. The molecule has 1 amide bonds. The summed E-state index contributed by atoms with van der Waals surface area (Å²) in [5.41, 5.74) is 2.98. The summed E-state index contributed by atoms with van der Waals surface area (Å²) in [5.74, 6) is 0.132. The van der Waals surface area contributed by atoms with E-state index in [0.717, 1.165) is 27.6 Å². The summed E-state index contributed by atoms with van der Waals surface area (Å²) in [6.07, 6.45) is 0.986. The lowest BCUT2D eigenvalue weighted by Crippen LogP contribution is -2.41. The molecular formula is C20H26N5O2+. The quantitative estimate of drug-likeness (QED) is 0.624. The number of likely N-dealkylation sites (N-methyl/N-ethyl adjacent to an activating group) is 1. The fourth-order valence-electron chi connectivity index (χ4n) is 2.73. The molecule has 0 bridgehead atoms. The highest BCUT2D eigenvalue weighted by Crippen LogP contribution is 2.23. The van der Waals surface area contributed by atoms with Crippen LogP contribution >= 0.6 is 0 Å². The molecule has 0 saturated heterocycles. The largest absolute Gasteiger partial charge is 0.506 e. The van der Waals surface area contributed by atoms with Gasteiger partial charge in [-0.25, -0.2) is 0 Å². The minimum absolute atomic E-state index is 0.0287. The standard InChI is InChI=1S/C20H25N5O2/c1-25(2,3)13-12-21-20(27)11-9-15-8-10-19(26)18(14-15)24-22-16-6-4-5-7-17(16)23-24/h4-8,10,14H,9,11-13H2,1-3H3,(H-,21,26,27)/p+1. The van der Waals surface area contributed by atoms with Gasteiger partial charge in [0.2, 0.25) is 5.91 Å². The number of amides is 1. The van der Waals surface area contributed by atoms with Gasteiger partial charge >= 0.3 is 0 Å². The van der Waals surface area contributed by atoms with E-state index in [1.807, 2.05) is 36.4 Å². The zero-order valence-corrected chi connectivity index (χ0v) is 16.0. The topological polar surface area (TPSA) is 80.0 Å². The maximum atomic E-state index is 12.0. The van der Waals surface area contributed by atoms with Crippen LogP contribution < -0.4 is 5.32 Å². The van der Waals surface area contributed by atoms with Crippen LogP contribution in [0.25, 0.3) is 16.7 Å². The molecule has 0 unspecified atom stereocenters. The normalized spacial score (nSPS) is 11.7. The molecule has 2 aromatic carbocycles. The van der Waals surface area contributed by atoms with Crippen LogP contribution in [0.3, 0.4) is 0 Å². The van der Waals surface area contributed by atoms with Crippen molar-refractivity contribution in [3.63, 3.8) is 0 Å². The van der Waals surface area contributed by atoms with E-state index in [9.17, 15) is 9.90 Å². The average Bonchev–Trinajstić information content (AvgIpc) is 3.03. The second-order valence-electron chi connectivity index (χ2n) is 7.67. The average molecular weight is 368 g/mol. The Balaban J connectivity index is 1.66. The Hall–Kier alpha value is -2.93. The Morgan fingerprint density at radius 3 is 2.41 bits per heavy atom. The van der Waals surface area contributed by atoms with Gasteiger partial charge < -0.3 is 14.9 Å². The first-order valence-corrected chi connectivity index (χ1v) is 9.03. The molecule has 0 aliphatic carbocycles. The lowest BCUT2D eigenvalue weighted by molar-refractivity contribution is -0.869. The van der Waals surface area contributed by atoms with Gasteiger partial charge in [0.05, 0.1) is 34.2 Å². The molecule has 27 heavy (non-hydrogen) atoms. The predicted octanol–water partition coefficient (Wildman–Crippen LogP) is 1.88. The first-order chi connectivity index (χ1) is 12.8. The first-order valence-electron chi connectivity index (χ1n) is 9.03. The Morgan fingerprint density at radius 1 is 1.11 bits per heavy atom. The van der Waals surface area contributed by atoms with Gasteiger partial charge in [0.15, 0.2) is 0 Å². The zero-order valence-electron chi connectivity index (χ0n) is 16.0. The van der Waals surface area contributed by atoms with Crippen LogP contribution in [0, 0.1) is 0 Å². The number of fused-ring (bicyclic) bond motifs is 1. The fraction of sp³-hybridized carbons (Fsp3) is 0.350. The van der Waals surface area contributed by atoms with E-state index in [4.69, 9.17) is 0 Å². The Morgan fingerprint density at radius 2 is 1.78 bits per heavy atom. The van der Waals surface area contributed by atoms with E-state index >= 15 is 0 Å². The SMILES string of the molecule is C[N+](C)(C)CCNC(=O)CCc1ccc(O)c(-n2nc3ccccc3n2)c1. The number of benzene rings is 2. The van der Waals surface area contributed by atoms with Gasteiger partial charge in [0.25, 0.3) is 0 Å². The molecule has 0 saturated carbocycles. The van der Waals surface area contributed by atoms with Crippen molar-refractivity contribution in [2.24, 2.45) is 0 Å². The number of hydrogen-bond donors (Lipinski definition) is 2. The van der Waals surface area contributed by atoms with Crippen LogP contribution in [0.1, 0.15) is 12.0 Å². The highest BCUT2D eigenvalue weighted by molar-refractivity contribution is 5.76. The number of aryl methyl sites for hydroxylation is 1. The number of nitrogens with zero attached hydrogens (tertiary/aromatic N) is 4. The number of carbonyl (C=O) groups is 1. The third kappa shape index (κ3) is 5.04. The summed E-state index contributed by atoms with van der Waals surface area (Å²) in [6, 6.07) is 12.8. The zero-order chi connectivity index (χ0) is 19.4. The third-order valence-electron chi connectivity index (χ3n) is 4.29. The molecule has 0 spiro atoms. The lowest BCUT2D eigenvalue weighted by atomic mass is 10.1. The van der Waals surface area contributed by atoms with Crippen molar-refractivity contribution in [2.75, 3.05) is 34.2 Å². The third-order valence-corrected chi connectivity index (χ3v) is 4.29. The number of nitrogens with one attached hydrogen (secondary N) is 1. The monoisotopic (exact) mass is 368 g/mol. The summed E-state index contributed by atoms with van der Waals surface area (Å²) in [4.78, 5) is 13.5. The van der Waals surface area contributed by atoms with Crippen molar-refractivity contribution in [1.82, 2.24) is 20.3 Å². The van der Waals surface area contributed by atoms with E-state index in [-0.39, 0.29) is 11.7 Å². The van der Waals surface area contributed by atoms with Crippen LogP contribution in [0.15, 0.2) is 42.5 Å². The number of hydrogen-bond acceptors (Lipinski definition) is 4. The lowest BCUT2D eigenvalue weighted by Gasteiger charge is -2.23. The molecule has 0 aliphatic rings. The van der Waals surface area contributed by atoms with Crippen LogP contribution in [0.2, 0.25) is 0 Å². The van der Waals surface area contributed by atoms with Gasteiger partial charge in [-0.2, -0.15) is 0 Å². The molecule has 0 fully saturated rings. The van der Waals surface area contributed by atoms with Gasteiger partial charge in [-0.05, 0) is 36.2 Å². The molecule has 1 aromatic heterocycles. The van der Waals surface area contributed by atoms with E-state index in [1.165, 1.54) is 4.80 Å². The number of rotatable bonds is 7. The number of phenols is 1. The van der Waals surface area contributed by atoms with Crippen molar-refractivity contribution in [3.8, 4) is 11.4 Å². The van der Waals surface area contributed by atoms with Crippen molar-refractivity contribution in [2.45, 2.75) is 12.8 Å². The molecule has 2 N–H and O–H groups in total. The van der Waals surface area contributed by atoms with Crippen LogP contribution in [-0.4, -0.2) is 64.7 Å². The van der Waals surface area contributed by atoms with Crippen LogP contribution in [-0.2, 0) is 11.2 Å². The molecule has 7 nitrogen and oxygen atoms in total. The molecule has 0 atom stereocenters. The number of aromatic hydroxyl groups is 1. The number of carbonyl (C=O) groups excluding carboxylic acids is 1. The molecule has 7 heteroatoms. The van der Waals surface area contributed by atoms with Crippen molar-refractivity contribution >= 4 is 16.9 Å². The van der Waals surface area contributed by atoms with Crippen molar-refractivity contribution in [3.05, 3.63) is 48.0 Å². The van der Waals surface area contributed by atoms with Crippen LogP contribution in [0.4, 0.5) is 0 Å². The van der Waals surface area contributed by atoms with Crippen molar-refractivity contribution in [1.29, 1.82) is 0 Å². The van der Waals surface area contributed by atoms with Gasteiger partial charge in [-0.3, -0.25) is 4.79 Å². The molecule has 3 rings (SSSR count). The van der Waals surface area contributed by atoms with Gasteiger partial charge in [-0.15, -0.1) is 15.0 Å². The van der Waals surface area contributed by atoms with Gasteiger partial charge in [-0.1, -0.05) is 18.2 Å². The second kappa shape index (κ2) is 7.75. The second-order valence-corrected chi connectivity index (χ2v) is 7.67. The maximum Gasteiger partial charge on any atom is 0.220 e. The van der Waals surface area contributed by atoms with E-state index in [1.54, 1.807) is 6.07 Å². The van der Waals surface area contributed by atoms with Crippen molar-refractivity contribution < 1.29 is 14.4 Å². The number of aromatic nitrogens is 3. The summed E-state index contributed by atoms with van der Waals surface area (Å²) in [7, 11) is 6.28. The van der Waals surface area contributed by atoms with Gasteiger partial charge in [0.1, 0.15) is 22.5 Å². The molecule has 3 aromatic rings. The van der Waals surface area contributed by atoms with Crippen LogP contribution in [0.5, 0.6) is 5.75 Å². The van der Waals surface area contributed by atoms with Gasteiger partial charge in [0, 0.05) is 6.42 Å². The molecular weight excluding hydrogens is 342 g/mol. The minimum atomic E-state index is 0.0287. The van der Waals surface area contributed by atoms with E-state index in [2.05, 4.69) is 36.7 Å². The smallest absolute Gasteiger partial charge is 0.220 e. The van der Waals surface area contributed by atoms with E-state index < -0.39 is 0 Å². The Kier molecular flexibility index (Phi) is 5.41. The summed E-state index contributed by atoms with van der Waals surface area (Å²) in [6.45, 7) is 1.54. The predicted molar refractivity (Wildman–Crippen MR) is 105 cm³/mol. The summed E-state index contributed by atoms with van der Waals surface area (Å²) in [5, 5.41) is 22.0. The summed E-state index contributed by atoms with van der Waals surface area (Å²) < 4.78 is 0.812.